The minimum atomic E-state index is -2.23. The maximum atomic E-state index is 10.6. The van der Waals surface area contributed by atoms with Gasteiger partial charge in [-0.25, -0.2) is 4.79 Å². The summed E-state index contributed by atoms with van der Waals surface area (Å²) < 4.78 is 20.7. The second-order valence-electron chi connectivity index (χ2n) is 2.57. The summed E-state index contributed by atoms with van der Waals surface area (Å²) in [6, 6.07) is 4.10. The molecule has 1 aromatic rings. The van der Waals surface area contributed by atoms with E-state index in [1.807, 2.05) is 0 Å². The third-order valence-electron chi connectivity index (χ3n) is 1.55. The number of carboxylic acids is 1. The average Bonchev–Trinajstić information content (AvgIpc) is 2.07. The van der Waals surface area contributed by atoms with E-state index in [0.29, 0.717) is 5.56 Å². The normalized spacial score (nSPS) is 12.4. The van der Waals surface area contributed by atoms with E-state index in [-0.39, 0.29) is 16.3 Å². The molecule has 0 aromatic heterocycles. The van der Waals surface area contributed by atoms with Crippen LogP contribution in [0.15, 0.2) is 18.2 Å². The Bertz CT molecular complexity index is 391. The van der Waals surface area contributed by atoms with Crippen molar-refractivity contribution >= 4 is 28.7 Å². The predicted octanol–water partition coefficient (Wildman–Crippen LogP) is 1.42. The van der Waals surface area contributed by atoms with E-state index in [9.17, 15) is 13.6 Å². The lowest BCUT2D eigenvalue weighted by molar-refractivity contribution is 0.0697. The summed E-state index contributed by atoms with van der Waals surface area (Å²) in [5.74, 6) is -1.38. The molecule has 0 saturated heterocycles. The monoisotopic (exact) mass is 233 g/mol. The molecule has 0 aliphatic carbocycles. The van der Waals surface area contributed by atoms with Crippen molar-refractivity contribution in [2.75, 3.05) is 0 Å². The fourth-order valence-corrected chi connectivity index (χ4v) is 1.61. The van der Waals surface area contributed by atoms with Gasteiger partial charge in [0.15, 0.2) is 0 Å². The molecule has 0 aliphatic heterocycles. The molecule has 1 N–H and O–H groups in total. The van der Waals surface area contributed by atoms with E-state index in [2.05, 4.69) is 0 Å². The summed E-state index contributed by atoms with van der Waals surface area (Å²) >= 11 is 3.36. The van der Waals surface area contributed by atoms with Gasteiger partial charge in [0.25, 0.3) is 0 Å². The van der Waals surface area contributed by atoms with Crippen molar-refractivity contribution in [2.45, 2.75) is 5.75 Å². The predicted molar refractivity (Wildman–Crippen MR) is 51.0 cm³/mol. The highest BCUT2D eigenvalue weighted by Gasteiger charge is 2.08. The molecule has 0 fully saturated rings. The van der Waals surface area contributed by atoms with Crippen molar-refractivity contribution in [3.8, 4) is 0 Å². The Kier molecular flexibility index (Phi) is 3.62. The molecule has 0 heterocycles. The summed E-state index contributed by atoms with van der Waals surface area (Å²) in [5, 5.41) is 8.78. The Morgan fingerprint density at radius 1 is 1.57 bits per heavy atom. The quantitative estimate of drug-likeness (QED) is 0.801. The maximum absolute atomic E-state index is 10.6. The number of hydrogen-bond acceptors (Lipinski definition) is 3. The second-order valence-corrected chi connectivity index (χ2v) is 3.87. The van der Waals surface area contributed by atoms with Crippen LogP contribution in [0.25, 0.3) is 0 Å². The molecule has 76 valence electrons. The molecule has 0 spiro atoms. The SMILES string of the molecule is O=C(O)c1cc(CS(=O)[O-])ccc1Cl. The summed E-state index contributed by atoms with van der Waals surface area (Å²) in [4.78, 5) is 10.6. The van der Waals surface area contributed by atoms with Crippen molar-refractivity contribution in [1.82, 2.24) is 0 Å². The van der Waals surface area contributed by atoms with Gasteiger partial charge in [-0.15, -0.1) is 0 Å². The van der Waals surface area contributed by atoms with Gasteiger partial charge < -0.3 is 9.66 Å². The largest absolute Gasteiger partial charge is 0.772 e. The molecular weight excluding hydrogens is 228 g/mol. The van der Waals surface area contributed by atoms with Gasteiger partial charge in [-0.2, -0.15) is 0 Å². The molecule has 6 heteroatoms. The fourth-order valence-electron chi connectivity index (χ4n) is 0.962. The summed E-state index contributed by atoms with van der Waals surface area (Å²) in [6.45, 7) is 0. The molecule has 0 bridgehead atoms. The Morgan fingerprint density at radius 3 is 2.71 bits per heavy atom. The Labute approximate surface area is 87.8 Å². The van der Waals surface area contributed by atoms with Crippen LogP contribution in [0, 0.1) is 0 Å². The van der Waals surface area contributed by atoms with Crippen molar-refractivity contribution < 1.29 is 18.7 Å². The number of carboxylic acid groups (broad SMARTS) is 1. The Morgan fingerprint density at radius 2 is 2.21 bits per heavy atom. The number of hydrogen-bond donors (Lipinski definition) is 1. The zero-order chi connectivity index (χ0) is 10.7. The zero-order valence-electron chi connectivity index (χ0n) is 6.90. The first-order valence-corrected chi connectivity index (χ1v) is 5.20. The lowest BCUT2D eigenvalue weighted by atomic mass is 10.1. The van der Waals surface area contributed by atoms with Gasteiger partial charge in [-0.1, -0.05) is 28.7 Å². The first-order valence-electron chi connectivity index (χ1n) is 3.58. The van der Waals surface area contributed by atoms with Crippen molar-refractivity contribution in [1.29, 1.82) is 0 Å². The van der Waals surface area contributed by atoms with Crippen molar-refractivity contribution in [2.24, 2.45) is 0 Å². The third-order valence-corrected chi connectivity index (χ3v) is 2.44. The highest BCUT2D eigenvalue weighted by Crippen LogP contribution is 2.18. The Hall–Kier alpha value is -0.910. The van der Waals surface area contributed by atoms with E-state index in [4.69, 9.17) is 16.7 Å². The summed E-state index contributed by atoms with van der Waals surface area (Å²) in [6.07, 6.45) is 0. The van der Waals surface area contributed by atoms with Gasteiger partial charge in [-0.3, -0.25) is 4.21 Å². The number of aromatic carboxylic acids is 1. The van der Waals surface area contributed by atoms with Gasteiger partial charge in [0.2, 0.25) is 0 Å². The van der Waals surface area contributed by atoms with E-state index in [1.165, 1.54) is 18.2 Å². The average molecular weight is 234 g/mol. The van der Waals surface area contributed by atoms with Gasteiger partial charge in [0, 0.05) is 5.75 Å². The van der Waals surface area contributed by atoms with Crippen LogP contribution in [0.5, 0.6) is 0 Å². The van der Waals surface area contributed by atoms with Gasteiger partial charge in [0.1, 0.15) is 0 Å². The van der Waals surface area contributed by atoms with Crippen LogP contribution in [0.1, 0.15) is 15.9 Å². The van der Waals surface area contributed by atoms with Gasteiger partial charge in [0.05, 0.1) is 10.6 Å². The van der Waals surface area contributed by atoms with Crippen LogP contribution in [0.3, 0.4) is 0 Å². The second kappa shape index (κ2) is 4.54. The minimum absolute atomic E-state index is 0.0883. The number of rotatable bonds is 3. The highest BCUT2D eigenvalue weighted by atomic mass is 35.5. The number of halogens is 1. The van der Waals surface area contributed by atoms with Crippen molar-refractivity contribution in [3.05, 3.63) is 34.3 Å². The lowest BCUT2D eigenvalue weighted by Crippen LogP contribution is -2.00. The smallest absolute Gasteiger partial charge is 0.337 e. The van der Waals surface area contributed by atoms with Crippen LogP contribution in [-0.4, -0.2) is 19.8 Å². The molecular formula is C8H6ClO4S-. The minimum Gasteiger partial charge on any atom is -0.772 e. The molecule has 4 nitrogen and oxygen atoms in total. The maximum Gasteiger partial charge on any atom is 0.337 e. The van der Waals surface area contributed by atoms with Crippen molar-refractivity contribution in [3.63, 3.8) is 0 Å². The molecule has 0 aliphatic rings. The first kappa shape index (κ1) is 11.2. The third kappa shape index (κ3) is 2.80. The molecule has 14 heavy (non-hydrogen) atoms. The van der Waals surface area contributed by atoms with E-state index in [0.717, 1.165) is 0 Å². The van der Waals surface area contributed by atoms with Crippen LogP contribution in [0.4, 0.5) is 0 Å². The van der Waals surface area contributed by atoms with Crippen LogP contribution in [0.2, 0.25) is 5.02 Å². The molecule has 1 aromatic carbocycles. The van der Waals surface area contributed by atoms with E-state index < -0.39 is 17.0 Å². The van der Waals surface area contributed by atoms with Crippen LogP contribution in [-0.2, 0) is 16.8 Å². The number of carbonyl (C=O) groups is 1. The lowest BCUT2D eigenvalue weighted by Gasteiger charge is -2.06. The Balaban J connectivity index is 3.06. The topological polar surface area (TPSA) is 77.4 Å². The molecule has 1 rings (SSSR count). The zero-order valence-corrected chi connectivity index (χ0v) is 8.47. The van der Waals surface area contributed by atoms with Gasteiger partial charge in [-0.05, 0) is 17.7 Å². The molecule has 1 unspecified atom stereocenters. The fraction of sp³-hybridized carbons (Fsp3) is 0.125. The van der Waals surface area contributed by atoms with Crippen LogP contribution >= 0.6 is 11.6 Å². The molecule has 1 atom stereocenters. The highest BCUT2D eigenvalue weighted by molar-refractivity contribution is 7.78. The molecule has 0 amide bonds. The summed E-state index contributed by atoms with van der Waals surface area (Å²) in [7, 11) is 0. The standard InChI is InChI=1S/C8H7ClO4S/c9-7-2-1-5(4-14(12)13)3-6(7)8(10)11/h1-3H,4H2,(H,10,11)(H,12,13)/p-1. The summed E-state index contributed by atoms with van der Waals surface area (Å²) in [5.41, 5.74) is 0.315. The van der Waals surface area contributed by atoms with Crippen LogP contribution < -0.4 is 0 Å². The van der Waals surface area contributed by atoms with E-state index >= 15 is 0 Å². The number of benzene rings is 1. The van der Waals surface area contributed by atoms with E-state index in [1.54, 1.807) is 0 Å². The first-order chi connectivity index (χ1) is 6.50. The molecule has 0 radical (unpaired) electrons. The molecule has 0 saturated carbocycles. The van der Waals surface area contributed by atoms with Gasteiger partial charge >= 0.3 is 5.97 Å².